The summed E-state index contributed by atoms with van der Waals surface area (Å²) in [7, 11) is 0. The third-order valence-electron chi connectivity index (χ3n) is 4.97. The molecule has 15 heteroatoms. The number of hydrogen-bond donors (Lipinski definition) is 5. The van der Waals surface area contributed by atoms with Gasteiger partial charge in [0, 0.05) is 19.1 Å². The number of aliphatic hydroxyl groups is 2. The van der Waals surface area contributed by atoms with E-state index in [1.54, 1.807) is 4.90 Å². The van der Waals surface area contributed by atoms with Crippen molar-refractivity contribution < 1.29 is 61.1 Å². The number of nitrogens with one attached hydrogen (secondary N) is 1. The molecule has 1 aromatic carbocycles. The van der Waals surface area contributed by atoms with E-state index in [4.69, 9.17) is 20.4 Å². The zero-order valence-corrected chi connectivity index (χ0v) is 18.2. The minimum Gasteiger partial charge on any atom is -0.479 e. The van der Waals surface area contributed by atoms with E-state index in [0.29, 0.717) is 25.9 Å². The fourth-order valence-corrected chi connectivity index (χ4v) is 3.26. The molecule has 200 valence electrons. The summed E-state index contributed by atoms with van der Waals surface area (Å²) in [6.07, 6.45) is -12.4. The van der Waals surface area contributed by atoms with Gasteiger partial charge in [-0.05, 0) is 37.6 Å². The third kappa shape index (κ3) is 11.2. The van der Waals surface area contributed by atoms with E-state index in [9.17, 15) is 35.9 Å². The SMILES string of the molecule is FC(F)(F)OCCN(Cc1ccccc1C(F)(F)F)C1CCNCC1.O=C(O)[C@H](O)[C@@H](O)C(=O)O. The maximum absolute atomic E-state index is 13.1. The molecule has 0 amide bonds. The molecule has 9 nitrogen and oxygen atoms in total. The summed E-state index contributed by atoms with van der Waals surface area (Å²) >= 11 is 0. The Morgan fingerprint density at radius 1 is 1.00 bits per heavy atom. The summed E-state index contributed by atoms with van der Waals surface area (Å²) in [5, 5.41) is 35.7. The van der Waals surface area contributed by atoms with Gasteiger partial charge in [0.25, 0.3) is 0 Å². The highest BCUT2D eigenvalue weighted by Gasteiger charge is 2.34. The molecule has 2 rings (SSSR count). The smallest absolute Gasteiger partial charge is 0.479 e. The molecule has 35 heavy (non-hydrogen) atoms. The zero-order chi connectivity index (χ0) is 26.8. The summed E-state index contributed by atoms with van der Waals surface area (Å²) in [5.74, 6) is -3.54. The molecular weight excluding hydrogens is 494 g/mol. The molecule has 0 radical (unpaired) electrons. The number of benzene rings is 1. The van der Waals surface area contributed by atoms with Crippen molar-refractivity contribution in [2.45, 2.75) is 50.2 Å². The minimum atomic E-state index is -4.75. The number of piperidine rings is 1. The summed E-state index contributed by atoms with van der Waals surface area (Å²) < 4.78 is 79.8. The van der Waals surface area contributed by atoms with Gasteiger partial charge in [-0.15, -0.1) is 13.2 Å². The van der Waals surface area contributed by atoms with Crippen LogP contribution in [0.25, 0.3) is 0 Å². The van der Waals surface area contributed by atoms with Crippen LogP contribution in [0.5, 0.6) is 0 Å². The third-order valence-corrected chi connectivity index (χ3v) is 4.97. The normalized spacial score (nSPS) is 16.8. The Morgan fingerprint density at radius 2 is 1.51 bits per heavy atom. The van der Waals surface area contributed by atoms with Crippen molar-refractivity contribution in [1.29, 1.82) is 0 Å². The molecule has 0 bridgehead atoms. The van der Waals surface area contributed by atoms with Crippen LogP contribution in [0, 0.1) is 0 Å². The number of hydrogen-bond acceptors (Lipinski definition) is 7. The van der Waals surface area contributed by atoms with E-state index in [2.05, 4.69) is 10.1 Å². The Balaban J connectivity index is 0.000000518. The highest BCUT2D eigenvalue weighted by molar-refractivity contribution is 5.83. The number of alkyl halides is 6. The van der Waals surface area contributed by atoms with Gasteiger partial charge in [-0.25, -0.2) is 9.59 Å². The van der Waals surface area contributed by atoms with Gasteiger partial charge >= 0.3 is 24.5 Å². The Kier molecular flexibility index (Phi) is 11.9. The lowest BCUT2D eigenvalue weighted by Crippen LogP contribution is -2.44. The van der Waals surface area contributed by atoms with Gasteiger partial charge in [0.05, 0.1) is 12.2 Å². The number of aliphatic hydroxyl groups excluding tert-OH is 2. The van der Waals surface area contributed by atoms with Gasteiger partial charge < -0.3 is 25.7 Å². The summed E-state index contributed by atoms with van der Waals surface area (Å²) in [6.45, 7) is 0.601. The van der Waals surface area contributed by atoms with Crippen molar-refractivity contribution in [2.75, 3.05) is 26.2 Å². The van der Waals surface area contributed by atoms with Gasteiger partial charge in [0.2, 0.25) is 0 Å². The number of carbonyl (C=O) groups is 2. The van der Waals surface area contributed by atoms with Crippen LogP contribution in [0.1, 0.15) is 24.0 Å². The highest BCUT2D eigenvalue weighted by Crippen LogP contribution is 2.33. The summed E-state index contributed by atoms with van der Waals surface area (Å²) in [6, 6.07) is 5.06. The molecule has 1 aliphatic rings. The van der Waals surface area contributed by atoms with E-state index >= 15 is 0 Å². The first kappa shape index (κ1) is 30.6. The quantitative estimate of drug-likeness (QED) is 0.308. The van der Waals surface area contributed by atoms with Crippen molar-refractivity contribution in [3.8, 4) is 0 Å². The number of carboxylic acid groups (broad SMARTS) is 2. The van der Waals surface area contributed by atoms with Crippen LogP contribution in [0.15, 0.2) is 24.3 Å². The van der Waals surface area contributed by atoms with E-state index < -0.39 is 48.9 Å². The average Bonchev–Trinajstić information content (AvgIpc) is 2.77. The van der Waals surface area contributed by atoms with Gasteiger partial charge in [-0.1, -0.05) is 18.2 Å². The van der Waals surface area contributed by atoms with Crippen molar-refractivity contribution in [3.05, 3.63) is 35.4 Å². The van der Waals surface area contributed by atoms with E-state index in [0.717, 1.165) is 6.07 Å². The first-order valence-corrected chi connectivity index (χ1v) is 10.3. The maximum atomic E-state index is 13.1. The molecule has 1 heterocycles. The molecule has 1 aromatic rings. The van der Waals surface area contributed by atoms with Crippen molar-refractivity contribution >= 4 is 11.9 Å². The first-order valence-electron chi connectivity index (χ1n) is 10.3. The molecule has 0 spiro atoms. The zero-order valence-electron chi connectivity index (χ0n) is 18.2. The van der Waals surface area contributed by atoms with Gasteiger partial charge in [-0.3, -0.25) is 9.64 Å². The van der Waals surface area contributed by atoms with E-state index in [-0.39, 0.29) is 24.7 Å². The molecular formula is C20H26F6N2O7. The lowest BCUT2D eigenvalue weighted by Gasteiger charge is -2.35. The fraction of sp³-hybridized carbons (Fsp3) is 0.600. The second-order valence-corrected chi connectivity index (χ2v) is 7.47. The molecule has 0 aromatic heterocycles. The lowest BCUT2D eigenvalue weighted by atomic mass is 10.0. The van der Waals surface area contributed by atoms with Gasteiger partial charge in [0.1, 0.15) is 0 Å². The Labute approximate surface area is 195 Å². The van der Waals surface area contributed by atoms with Gasteiger partial charge in [0.15, 0.2) is 12.2 Å². The van der Waals surface area contributed by atoms with E-state index in [1.807, 2.05) is 0 Å². The Bertz CT molecular complexity index is 798. The van der Waals surface area contributed by atoms with Crippen molar-refractivity contribution in [3.63, 3.8) is 0 Å². The lowest BCUT2D eigenvalue weighted by molar-refractivity contribution is -0.325. The van der Waals surface area contributed by atoms with Crippen LogP contribution in [-0.4, -0.2) is 88.1 Å². The Morgan fingerprint density at radius 3 is 1.97 bits per heavy atom. The number of ether oxygens (including phenoxy) is 1. The van der Waals surface area contributed by atoms with Crippen LogP contribution in [0.3, 0.4) is 0 Å². The number of halogens is 6. The molecule has 0 saturated carbocycles. The van der Waals surface area contributed by atoms with Crippen molar-refractivity contribution in [1.82, 2.24) is 10.2 Å². The largest absolute Gasteiger partial charge is 0.522 e. The first-order chi connectivity index (χ1) is 16.1. The number of carboxylic acids is 2. The number of rotatable bonds is 9. The molecule has 1 fully saturated rings. The topological polar surface area (TPSA) is 140 Å². The van der Waals surface area contributed by atoms with Crippen LogP contribution >= 0.6 is 0 Å². The Hall–Kier alpha value is -2.46. The molecule has 2 atom stereocenters. The molecule has 0 aliphatic carbocycles. The summed E-state index contributed by atoms with van der Waals surface area (Å²) in [4.78, 5) is 21.2. The fourth-order valence-electron chi connectivity index (χ4n) is 3.26. The van der Waals surface area contributed by atoms with Crippen LogP contribution < -0.4 is 5.32 Å². The molecule has 1 aliphatic heterocycles. The standard InChI is InChI=1S/C16H20F6N2O.C4H6O6/c17-15(18,19)14-4-2-1-3-12(14)11-24(9-10-25-16(20,21)22)13-5-7-23-8-6-13;5-1(3(7)8)2(6)4(9)10/h1-4,13,23H,5-11H2;1-2,5-6H,(H,7,8)(H,9,10)/t;1-,2-/m.1/s1. The number of nitrogens with zero attached hydrogens (tertiary/aromatic N) is 1. The van der Waals surface area contributed by atoms with Crippen LogP contribution in [-0.2, 0) is 27.0 Å². The molecule has 0 unspecified atom stereocenters. The average molecular weight is 520 g/mol. The predicted octanol–water partition coefficient (Wildman–Crippen LogP) is 1.67. The van der Waals surface area contributed by atoms with Crippen LogP contribution in [0.2, 0.25) is 0 Å². The molecule has 5 N–H and O–H groups in total. The van der Waals surface area contributed by atoms with Crippen molar-refractivity contribution in [2.24, 2.45) is 0 Å². The highest BCUT2D eigenvalue weighted by atomic mass is 19.4. The number of aliphatic carboxylic acids is 2. The van der Waals surface area contributed by atoms with Crippen LogP contribution in [0.4, 0.5) is 26.3 Å². The monoisotopic (exact) mass is 520 g/mol. The molecule has 1 saturated heterocycles. The maximum Gasteiger partial charge on any atom is 0.522 e. The second-order valence-electron chi connectivity index (χ2n) is 7.47. The van der Waals surface area contributed by atoms with Gasteiger partial charge in [-0.2, -0.15) is 13.2 Å². The predicted molar refractivity (Wildman–Crippen MR) is 107 cm³/mol. The van der Waals surface area contributed by atoms with E-state index in [1.165, 1.54) is 18.2 Å². The second kappa shape index (κ2) is 13.6. The summed E-state index contributed by atoms with van der Waals surface area (Å²) in [5.41, 5.74) is -0.703. The minimum absolute atomic E-state index is 0.0561.